The first-order valence-corrected chi connectivity index (χ1v) is 19.8. The summed E-state index contributed by atoms with van der Waals surface area (Å²) in [6.45, 7) is 7.68. The van der Waals surface area contributed by atoms with Crippen molar-refractivity contribution < 1.29 is 47.7 Å². The van der Waals surface area contributed by atoms with Crippen molar-refractivity contribution in [2.24, 2.45) is 0 Å². The lowest BCUT2D eigenvalue weighted by Gasteiger charge is -2.30. The van der Waals surface area contributed by atoms with Crippen LogP contribution in [0.25, 0.3) is 6.08 Å². The van der Waals surface area contributed by atoms with Gasteiger partial charge in [0.25, 0.3) is 11.8 Å². The maximum absolute atomic E-state index is 13.9. The van der Waals surface area contributed by atoms with Crippen molar-refractivity contribution in [1.82, 2.24) is 10.2 Å². The number of hydrogen-bond donors (Lipinski definition) is 3. The Kier molecular flexibility index (Phi) is 14.1. The van der Waals surface area contributed by atoms with Crippen LogP contribution in [0.2, 0.25) is 0 Å². The van der Waals surface area contributed by atoms with Gasteiger partial charge in [-0.05, 0) is 82.2 Å². The smallest absolute Gasteiger partial charge is 0.410 e. The Bertz CT molecular complexity index is 2210. The molecule has 0 saturated heterocycles. The summed E-state index contributed by atoms with van der Waals surface area (Å²) in [5.41, 5.74) is 1.43. The van der Waals surface area contributed by atoms with Crippen molar-refractivity contribution >= 4 is 69.6 Å². The van der Waals surface area contributed by atoms with Crippen LogP contribution in [0.15, 0.2) is 77.3 Å². The van der Waals surface area contributed by atoms with E-state index in [1.807, 2.05) is 0 Å². The van der Waals surface area contributed by atoms with E-state index in [1.165, 1.54) is 57.6 Å². The van der Waals surface area contributed by atoms with Crippen LogP contribution < -0.4 is 30.2 Å². The van der Waals surface area contributed by atoms with E-state index >= 15 is 0 Å². The summed E-state index contributed by atoms with van der Waals surface area (Å²) in [6, 6.07) is 18.6. The van der Waals surface area contributed by atoms with Gasteiger partial charge in [-0.2, -0.15) is 0 Å². The highest BCUT2D eigenvalue weighted by Crippen LogP contribution is 2.39. The normalized spacial score (nSPS) is 13.0. The first-order chi connectivity index (χ1) is 27.6. The van der Waals surface area contributed by atoms with E-state index in [4.69, 9.17) is 23.7 Å². The lowest BCUT2D eigenvalue weighted by Crippen LogP contribution is -2.39. The number of rotatable bonds is 13. The second kappa shape index (κ2) is 19.0. The highest BCUT2D eigenvalue weighted by Gasteiger charge is 2.33. The van der Waals surface area contributed by atoms with Crippen LogP contribution in [0.3, 0.4) is 0 Å². The summed E-state index contributed by atoms with van der Waals surface area (Å²) in [6.07, 6.45) is 1.41. The third-order valence-corrected chi connectivity index (χ3v) is 10.9. The first-order valence-electron chi connectivity index (χ1n) is 18.1. The standard InChI is InChI=1S/C42H46N4O10S2/c1-24(36(47)45-39-35(40(50)55-8)29-17-18-46(23-34(29)58-39)41(51)56-42(2,3)4)57-28-16-12-15-27(21-28)43-38(49)30(44-37(48)25-13-10-9-11-14-25)19-26-20-32(53-6)33(54-7)22-31(26)52-5/h9-16,19-22,24H,17-18,23H2,1-8H3,(H,43,49)(H,44,48)(H,45,47)/b30-19+. The summed E-state index contributed by atoms with van der Waals surface area (Å²) < 4.78 is 27.0. The van der Waals surface area contributed by atoms with E-state index in [9.17, 15) is 24.0 Å². The van der Waals surface area contributed by atoms with Gasteiger partial charge in [-0.25, -0.2) is 9.59 Å². The van der Waals surface area contributed by atoms with Crippen molar-refractivity contribution in [2.45, 2.75) is 56.4 Å². The van der Waals surface area contributed by atoms with Gasteiger partial charge in [0.2, 0.25) is 5.91 Å². The van der Waals surface area contributed by atoms with Crippen LogP contribution in [0.4, 0.5) is 15.5 Å². The summed E-state index contributed by atoms with van der Waals surface area (Å²) in [5.74, 6) is -0.921. The van der Waals surface area contributed by atoms with Crippen molar-refractivity contribution in [1.29, 1.82) is 0 Å². The van der Waals surface area contributed by atoms with Gasteiger partial charge in [0, 0.05) is 39.2 Å². The minimum atomic E-state index is -0.663. The third-order valence-electron chi connectivity index (χ3n) is 8.67. The van der Waals surface area contributed by atoms with Crippen LogP contribution in [0.5, 0.6) is 17.2 Å². The molecule has 0 fully saturated rings. The van der Waals surface area contributed by atoms with Gasteiger partial charge in [0.05, 0.1) is 45.8 Å². The van der Waals surface area contributed by atoms with Crippen LogP contribution in [0, 0.1) is 0 Å². The van der Waals surface area contributed by atoms with Crippen molar-refractivity contribution in [3.05, 3.63) is 99.6 Å². The number of hydrogen-bond acceptors (Lipinski definition) is 12. The number of esters is 1. The van der Waals surface area contributed by atoms with E-state index in [1.54, 1.807) is 99.3 Å². The summed E-state index contributed by atoms with van der Waals surface area (Å²) >= 11 is 2.46. The molecule has 3 aromatic carbocycles. The molecule has 0 aliphatic carbocycles. The Hall–Kier alpha value is -6.00. The number of carbonyl (C=O) groups excluding carboxylic acids is 5. The quantitative estimate of drug-likeness (QED) is 0.0698. The molecule has 1 aliphatic heterocycles. The van der Waals surface area contributed by atoms with Gasteiger partial charge >= 0.3 is 12.1 Å². The van der Waals surface area contributed by atoms with E-state index in [0.717, 1.165) is 10.4 Å². The number of benzene rings is 3. The Labute approximate surface area is 345 Å². The molecule has 306 valence electrons. The number of carbonyl (C=O) groups is 5. The molecule has 1 unspecified atom stereocenters. The van der Waals surface area contributed by atoms with Gasteiger partial charge in [-0.3, -0.25) is 14.4 Å². The number of fused-ring (bicyclic) bond motifs is 1. The Balaban J connectivity index is 1.34. The highest BCUT2D eigenvalue weighted by atomic mass is 32.2. The lowest BCUT2D eigenvalue weighted by atomic mass is 10.0. The molecule has 0 spiro atoms. The molecule has 4 aromatic rings. The molecule has 0 radical (unpaired) electrons. The number of thioether (sulfide) groups is 1. The van der Waals surface area contributed by atoms with Gasteiger partial charge in [-0.1, -0.05) is 24.3 Å². The molecule has 0 saturated carbocycles. The topological polar surface area (TPSA) is 171 Å². The number of methoxy groups -OCH3 is 4. The summed E-state index contributed by atoms with van der Waals surface area (Å²) in [7, 11) is 5.72. The summed E-state index contributed by atoms with van der Waals surface area (Å²) in [5, 5.41) is 8.17. The fourth-order valence-electron chi connectivity index (χ4n) is 5.87. The predicted molar refractivity (Wildman–Crippen MR) is 223 cm³/mol. The van der Waals surface area contributed by atoms with Gasteiger partial charge in [0.15, 0.2) is 11.5 Å². The zero-order valence-electron chi connectivity index (χ0n) is 33.5. The first kappa shape index (κ1) is 43.1. The molecule has 5 rings (SSSR count). The van der Waals surface area contributed by atoms with Gasteiger partial charge < -0.3 is 44.5 Å². The van der Waals surface area contributed by atoms with Crippen molar-refractivity contribution in [3.63, 3.8) is 0 Å². The maximum atomic E-state index is 13.9. The molecule has 14 nitrogen and oxygen atoms in total. The monoisotopic (exact) mass is 830 g/mol. The Morgan fingerprint density at radius 2 is 1.55 bits per heavy atom. The van der Waals surface area contributed by atoms with E-state index < -0.39 is 34.7 Å². The largest absolute Gasteiger partial charge is 0.496 e. The zero-order chi connectivity index (χ0) is 42.1. The minimum Gasteiger partial charge on any atom is -0.496 e. The van der Waals surface area contributed by atoms with Crippen molar-refractivity contribution in [3.8, 4) is 17.2 Å². The fourth-order valence-corrected chi connectivity index (χ4v) is 8.05. The average molecular weight is 831 g/mol. The van der Waals surface area contributed by atoms with Gasteiger partial charge in [-0.15, -0.1) is 23.1 Å². The average Bonchev–Trinajstić information content (AvgIpc) is 3.56. The molecule has 1 atom stereocenters. The molecule has 3 N–H and O–H groups in total. The Morgan fingerprint density at radius 3 is 2.21 bits per heavy atom. The second-order valence-corrected chi connectivity index (χ2v) is 16.4. The van der Waals surface area contributed by atoms with Crippen LogP contribution in [-0.4, -0.2) is 80.5 Å². The number of amides is 4. The molecular formula is C42H46N4O10S2. The molecule has 16 heteroatoms. The number of anilines is 2. The second-order valence-electron chi connectivity index (χ2n) is 13.9. The Morgan fingerprint density at radius 1 is 0.862 bits per heavy atom. The number of ether oxygens (including phenoxy) is 5. The molecule has 58 heavy (non-hydrogen) atoms. The van der Waals surface area contributed by atoms with E-state index in [0.29, 0.717) is 56.9 Å². The van der Waals surface area contributed by atoms with E-state index in [-0.39, 0.29) is 23.7 Å². The fraction of sp³-hybridized carbons (Fsp3) is 0.310. The molecule has 0 bridgehead atoms. The zero-order valence-corrected chi connectivity index (χ0v) is 35.1. The molecular weight excluding hydrogens is 785 g/mol. The minimum absolute atomic E-state index is 0.0838. The SMILES string of the molecule is COC(=O)c1c(NC(=O)C(C)Sc2cccc(NC(=O)/C(=C\c3cc(OC)c(OC)cc3OC)NC(=O)c3ccccc3)c2)sc2c1CCN(C(=O)OC(C)(C)C)C2. The van der Waals surface area contributed by atoms with Crippen LogP contribution in [0.1, 0.15) is 64.4 Å². The van der Waals surface area contributed by atoms with Crippen LogP contribution >= 0.6 is 23.1 Å². The molecule has 1 aromatic heterocycles. The number of nitrogens with one attached hydrogen (secondary N) is 3. The van der Waals surface area contributed by atoms with Crippen molar-refractivity contribution in [2.75, 3.05) is 45.6 Å². The molecule has 2 heterocycles. The molecule has 4 amide bonds. The maximum Gasteiger partial charge on any atom is 0.410 e. The van der Waals surface area contributed by atoms with Crippen LogP contribution in [-0.2, 0) is 32.0 Å². The molecule has 1 aliphatic rings. The van der Waals surface area contributed by atoms with E-state index in [2.05, 4.69) is 16.0 Å². The highest BCUT2D eigenvalue weighted by molar-refractivity contribution is 8.00. The van der Waals surface area contributed by atoms with Gasteiger partial charge in [0.1, 0.15) is 22.0 Å². The summed E-state index contributed by atoms with van der Waals surface area (Å²) in [4.78, 5) is 69.5. The number of thiophene rings is 1. The lowest BCUT2D eigenvalue weighted by molar-refractivity contribution is -0.115. The third kappa shape index (κ3) is 10.7. The predicted octanol–water partition coefficient (Wildman–Crippen LogP) is 7.38. The number of nitrogens with zero attached hydrogens (tertiary/aromatic N) is 1.